The molecule has 0 unspecified atom stereocenters. The Morgan fingerprint density at radius 1 is 1.21 bits per heavy atom. The fourth-order valence-electron chi connectivity index (χ4n) is 6.70. The number of rotatable bonds is 10. The number of amides is 1. The molecule has 2 bridgehead atoms. The summed E-state index contributed by atoms with van der Waals surface area (Å²) in [4.78, 5) is 28.3. The van der Waals surface area contributed by atoms with Crippen molar-refractivity contribution in [3.8, 4) is 0 Å². The molecule has 2 heterocycles. The van der Waals surface area contributed by atoms with Crippen LogP contribution in [-0.2, 0) is 25.6 Å². The van der Waals surface area contributed by atoms with E-state index in [0.29, 0.717) is 50.7 Å². The Morgan fingerprint density at radius 3 is 2.67 bits per heavy atom. The van der Waals surface area contributed by atoms with E-state index in [4.69, 9.17) is 14.0 Å². The summed E-state index contributed by atoms with van der Waals surface area (Å²) in [5.74, 6) is 0.137. The Kier molecular flexibility index (Phi) is 6.44. The number of ether oxygens (including phenoxy) is 2. The predicted octanol–water partition coefficient (Wildman–Crippen LogP) is 2.26. The van der Waals surface area contributed by atoms with Gasteiger partial charge in [-0.25, -0.2) is 4.39 Å². The lowest BCUT2D eigenvalue weighted by Gasteiger charge is -2.28. The number of aromatic nitrogens is 1. The fourth-order valence-corrected chi connectivity index (χ4v) is 6.70. The Bertz CT molecular complexity index is 872. The van der Waals surface area contributed by atoms with Gasteiger partial charge in [0.25, 0.3) is 0 Å². The number of carbonyl (C=O) groups is 2. The molecule has 1 aromatic heterocycles. The topological polar surface area (TPSA) is 93.9 Å². The Labute approximate surface area is 193 Å². The smallest absolute Gasteiger partial charge is 0.310 e. The summed E-state index contributed by atoms with van der Waals surface area (Å²) >= 11 is 0. The number of hydrogen-bond acceptors (Lipinski definition) is 7. The highest BCUT2D eigenvalue weighted by molar-refractivity contribution is 5.87. The molecule has 33 heavy (non-hydrogen) atoms. The first-order valence-electron chi connectivity index (χ1n) is 12.3. The summed E-state index contributed by atoms with van der Waals surface area (Å²) < 4.78 is 29.5. The van der Waals surface area contributed by atoms with Gasteiger partial charge in [0.05, 0.1) is 31.6 Å². The third kappa shape index (κ3) is 4.54. The van der Waals surface area contributed by atoms with Gasteiger partial charge in [-0.1, -0.05) is 5.16 Å². The monoisotopic (exact) mass is 463 g/mol. The van der Waals surface area contributed by atoms with Gasteiger partial charge in [-0.3, -0.25) is 14.5 Å². The van der Waals surface area contributed by atoms with E-state index in [-0.39, 0.29) is 47.6 Å². The van der Waals surface area contributed by atoms with Gasteiger partial charge in [0.1, 0.15) is 24.2 Å². The van der Waals surface area contributed by atoms with E-state index in [1.54, 1.807) is 6.07 Å². The average molecular weight is 464 g/mol. The van der Waals surface area contributed by atoms with Gasteiger partial charge in [0.15, 0.2) is 0 Å². The molecule has 5 rings (SSSR count). The summed E-state index contributed by atoms with van der Waals surface area (Å²) in [6.45, 7) is 5.03. The van der Waals surface area contributed by atoms with Crippen LogP contribution >= 0.6 is 0 Å². The number of aryl methyl sites for hydroxylation is 1. The van der Waals surface area contributed by atoms with Gasteiger partial charge in [0.2, 0.25) is 5.91 Å². The summed E-state index contributed by atoms with van der Waals surface area (Å²) in [5, 5.41) is 6.91. The number of likely N-dealkylation sites (tertiary alicyclic amines) is 1. The zero-order valence-corrected chi connectivity index (χ0v) is 19.3. The van der Waals surface area contributed by atoms with E-state index in [2.05, 4.69) is 10.5 Å². The molecule has 3 aliphatic carbocycles. The van der Waals surface area contributed by atoms with Crippen molar-refractivity contribution in [2.24, 2.45) is 29.1 Å². The highest BCUT2D eigenvalue weighted by Gasteiger charge is 2.71. The molecule has 3 saturated carbocycles. The molecule has 1 amide bonds. The number of carbonyl (C=O) groups excluding carboxylic acids is 2. The molecule has 1 aliphatic heterocycles. The summed E-state index contributed by atoms with van der Waals surface area (Å²) in [5.41, 5.74) is 0.842. The molecule has 4 fully saturated rings. The minimum atomic E-state index is -0.729. The van der Waals surface area contributed by atoms with Gasteiger partial charge in [-0.15, -0.1) is 0 Å². The van der Waals surface area contributed by atoms with Crippen molar-refractivity contribution in [1.29, 1.82) is 0 Å². The summed E-state index contributed by atoms with van der Waals surface area (Å²) in [7, 11) is 0. The maximum atomic E-state index is 13.2. The molecular weight excluding hydrogens is 429 g/mol. The number of nitrogens with zero attached hydrogens (tertiary/aromatic N) is 2. The third-order valence-corrected chi connectivity index (χ3v) is 8.28. The molecule has 182 valence electrons. The van der Waals surface area contributed by atoms with E-state index >= 15 is 0 Å². The summed E-state index contributed by atoms with van der Waals surface area (Å²) in [6.07, 6.45) is 4.09. The lowest BCUT2D eigenvalue weighted by molar-refractivity contribution is -0.157. The number of halogens is 1. The molecule has 1 aromatic rings. The molecule has 5 atom stereocenters. The minimum Gasteiger partial charge on any atom is -0.463 e. The Morgan fingerprint density at radius 2 is 2.00 bits per heavy atom. The van der Waals surface area contributed by atoms with Crippen LogP contribution in [0.5, 0.6) is 0 Å². The first-order valence-corrected chi connectivity index (χ1v) is 12.3. The van der Waals surface area contributed by atoms with Gasteiger partial charge in [-0.05, 0) is 56.3 Å². The molecule has 0 aromatic carbocycles. The van der Waals surface area contributed by atoms with Crippen LogP contribution in [0.3, 0.4) is 0 Å². The molecule has 1 spiro atoms. The highest BCUT2D eigenvalue weighted by Crippen LogP contribution is 2.74. The van der Waals surface area contributed by atoms with Crippen LogP contribution in [0.15, 0.2) is 10.6 Å². The van der Waals surface area contributed by atoms with Gasteiger partial charge in [-0.2, -0.15) is 0 Å². The van der Waals surface area contributed by atoms with Crippen molar-refractivity contribution in [1.82, 2.24) is 15.4 Å². The standard InChI is InChI=1S/C24H34FN3O5/c1-15-12-17(27-33-15)13-26-22(29)20-18-2-3-19(24(18)5-6-24)21(20)23(30)32-11-10-31-9-8-28-7-4-16(25)14-28/h12,16,18-21H,2-11,13-14H2,1H3,(H,26,29)/t16-,18-,19+,20+,21+/m0/s1. The molecule has 1 saturated heterocycles. The van der Waals surface area contributed by atoms with Crippen molar-refractivity contribution < 1.29 is 28.0 Å². The lowest BCUT2D eigenvalue weighted by atomic mass is 9.78. The van der Waals surface area contributed by atoms with E-state index in [0.717, 1.165) is 32.2 Å². The normalized spacial score (nSPS) is 31.9. The van der Waals surface area contributed by atoms with Crippen LogP contribution in [0, 0.1) is 36.0 Å². The quantitative estimate of drug-likeness (QED) is 0.420. The molecular formula is C24H34FN3O5. The van der Waals surface area contributed by atoms with Gasteiger partial charge in [0, 0.05) is 25.7 Å². The largest absolute Gasteiger partial charge is 0.463 e. The van der Waals surface area contributed by atoms with Crippen molar-refractivity contribution in [3.63, 3.8) is 0 Å². The Hall–Kier alpha value is -2.00. The van der Waals surface area contributed by atoms with E-state index in [9.17, 15) is 14.0 Å². The fraction of sp³-hybridized carbons (Fsp3) is 0.792. The molecule has 4 aliphatic rings. The van der Waals surface area contributed by atoms with Crippen molar-refractivity contribution in [2.45, 2.75) is 51.7 Å². The van der Waals surface area contributed by atoms with Crippen molar-refractivity contribution in [2.75, 3.05) is 39.5 Å². The maximum absolute atomic E-state index is 13.2. The number of nitrogens with one attached hydrogen (secondary N) is 1. The highest BCUT2D eigenvalue weighted by atomic mass is 19.1. The first-order chi connectivity index (χ1) is 16.0. The molecule has 8 nitrogen and oxygen atoms in total. The maximum Gasteiger partial charge on any atom is 0.310 e. The second-order valence-electron chi connectivity index (χ2n) is 10.2. The van der Waals surface area contributed by atoms with Crippen LogP contribution in [0.1, 0.15) is 43.6 Å². The predicted molar refractivity (Wildman–Crippen MR) is 116 cm³/mol. The van der Waals surface area contributed by atoms with Crippen LogP contribution in [0.25, 0.3) is 0 Å². The second-order valence-corrected chi connectivity index (χ2v) is 10.2. The van der Waals surface area contributed by atoms with Gasteiger partial charge < -0.3 is 19.3 Å². The molecule has 1 N–H and O–H groups in total. The van der Waals surface area contributed by atoms with Crippen LogP contribution in [0.4, 0.5) is 4.39 Å². The first kappa shape index (κ1) is 22.8. The zero-order chi connectivity index (χ0) is 23.0. The summed E-state index contributed by atoms with van der Waals surface area (Å²) in [6, 6.07) is 1.80. The van der Waals surface area contributed by atoms with Crippen molar-refractivity contribution in [3.05, 3.63) is 17.5 Å². The average Bonchev–Trinajstić information content (AvgIpc) is 3.02. The second kappa shape index (κ2) is 9.33. The number of esters is 1. The number of alkyl halides is 1. The SMILES string of the molecule is Cc1cc(CNC(=O)[C@H]2[C@H](C(=O)OCCOCCN3CC[C@H](F)C3)[C@H]3CC[C@@H]2C32CC2)no1. The molecule has 0 radical (unpaired) electrons. The minimum absolute atomic E-state index is 0.0795. The van der Waals surface area contributed by atoms with Crippen LogP contribution in [-0.4, -0.2) is 67.6 Å². The van der Waals surface area contributed by atoms with Crippen molar-refractivity contribution >= 4 is 11.9 Å². The van der Waals surface area contributed by atoms with E-state index in [1.807, 2.05) is 11.8 Å². The lowest BCUT2D eigenvalue weighted by Crippen LogP contribution is -2.41. The van der Waals surface area contributed by atoms with E-state index in [1.165, 1.54) is 0 Å². The Balaban J connectivity index is 1.11. The third-order valence-electron chi connectivity index (χ3n) is 8.28. The van der Waals surface area contributed by atoms with Crippen LogP contribution < -0.4 is 5.32 Å². The zero-order valence-electron chi connectivity index (χ0n) is 19.3. The van der Waals surface area contributed by atoms with E-state index < -0.39 is 6.17 Å². The van der Waals surface area contributed by atoms with Gasteiger partial charge >= 0.3 is 5.97 Å². The van der Waals surface area contributed by atoms with Crippen LogP contribution in [0.2, 0.25) is 0 Å². The number of hydrogen-bond donors (Lipinski definition) is 1. The molecule has 9 heteroatoms.